The van der Waals surface area contributed by atoms with Crippen LogP contribution in [0.1, 0.15) is 231 Å². The molecule has 0 saturated carbocycles. The lowest BCUT2D eigenvalue weighted by Gasteiger charge is -2.25. The minimum absolute atomic E-state index is 0.0640. The van der Waals surface area contributed by atoms with Crippen LogP contribution in [0.4, 0.5) is 4.79 Å². The number of amides is 1. The first-order valence-electron chi connectivity index (χ1n) is 26.8. The highest BCUT2D eigenvalue weighted by molar-refractivity contribution is 7.99. The molecule has 9 nitrogen and oxygen atoms in total. The van der Waals surface area contributed by atoms with Gasteiger partial charge in [0.25, 0.3) is 0 Å². The molecule has 2 aromatic carbocycles. The van der Waals surface area contributed by atoms with Crippen LogP contribution < -0.4 is 5.32 Å². The second kappa shape index (κ2) is 35.6. The molecular weight excluding hydrogens is 859 g/mol. The van der Waals surface area contributed by atoms with Gasteiger partial charge in [-0.3, -0.25) is 9.59 Å². The number of benzene rings is 2. The molecule has 1 amide bonds. The van der Waals surface area contributed by atoms with E-state index in [0.717, 1.165) is 60.8 Å². The number of thioether (sulfide) groups is 1. The lowest BCUT2D eigenvalue weighted by atomic mass is 9.98. The number of unbranched alkanes of at least 4 members (excludes halogenated alkanes) is 24. The predicted molar refractivity (Wildman–Crippen MR) is 277 cm³/mol. The Hall–Kier alpha value is -3.53. The maximum atomic E-state index is 13.5. The number of carbonyl (C=O) groups is 4. The molecule has 0 aromatic heterocycles. The average molecular weight is 950 g/mol. The highest BCUT2D eigenvalue weighted by Crippen LogP contribution is 2.44. The molecule has 67 heavy (non-hydrogen) atoms. The summed E-state index contributed by atoms with van der Waals surface area (Å²) in [4.78, 5) is 52.8. The molecule has 0 fully saturated rings. The van der Waals surface area contributed by atoms with Crippen LogP contribution in [0.3, 0.4) is 0 Å². The van der Waals surface area contributed by atoms with E-state index in [9.17, 15) is 19.2 Å². The maximum absolute atomic E-state index is 13.5. The molecule has 0 radical (unpaired) electrons. The van der Waals surface area contributed by atoms with E-state index < -0.39 is 29.8 Å². The Labute approximate surface area is 411 Å². The van der Waals surface area contributed by atoms with Gasteiger partial charge < -0.3 is 24.3 Å². The molecule has 10 heteroatoms. The molecule has 2 aromatic rings. The number of fused-ring (bicyclic) bond motifs is 3. The van der Waals surface area contributed by atoms with Crippen molar-refractivity contribution >= 4 is 35.8 Å². The molecular formula is C57H91NO8S. The average Bonchev–Trinajstić information content (AvgIpc) is 3.62. The smallest absolute Gasteiger partial charge is 0.407 e. The molecule has 1 unspecified atom stereocenters. The zero-order valence-electron chi connectivity index (χ0n) is 42.7. The largest absolute Gasteiger partial charge is 0.462 e. The van der Waals surface area contributed by atoms with Gasteiger partial charge in [0.2, 0.25) is 0 Å². The minimum atomic E-state index is -1.03. The third-order valence-corrected chi connectivity index (χ3v) is 13.8. The molecule has 1 aliphatic carbocycles. The fourth-order valence-corrected chi connectivity index (χ4v) is 9.85. The molecule has 2 atom stereocenters. The zero-order chi connectivity index (χ0) is 48.4. The summed E-state index contributed by atoms with van der Waals surface area (Å²) >= 11 is 1.33. The number of alkyl carbamates (subject to hydrolysis) is 1. The van der Waals surface area contributed by atoms with E-state index in [2.05, 4.69) is 43.4 Å². The van der Waals surface area contributed by atoms with Crippen molar-refractivity contribution in [3.8, 4) is 11.1 Å². The topological polar surface area (TPSA) is 117 Å². The van der Waals surface area contributed by atoms with Crippen molar-refractivity contribution in [2.45, 2.75) is 238 Å². The summed E-state index contributed by atoms with van der Waals surface area (Å²) in [5.74, 6) is -0.930. The van der Waals surface area contributed by atoms with E-state index in [1.807, 2.05) is 24.3 Å². The van der Waals surface area contributed by atoms with Crippen molar-refractivity contribution in [3.05, 3.63) is 59.7 Å². The quantitative estimate of drug-likeness (QED) is 0.0397. The molecule has 3 rings (SSSR count). The third kappa shape index (κ3) is 26.1. The van der Waals surface area contributed by atoms with Gasteiger partial charge in [-0.05, 0) is 55.9 Å². The van der Waals surface area contributed by atoms with Gasteiger partial charge in [0.1, 0.15) is 31.0 Å². The van der Waals surface area contributed by atoms with Crippen molar-refractivity contribution in [1.29, 1.82) is 0 Å². The van der Waals surface area contributed by atoms with Gasteiger partial charge in [-0.2, -0.15) is 11.8 Å². The Morgan fingerprint density at radius 2 is 0.970 bits per heavy atom. The van der Waals surface area contributed by atoms with Crippen molar-refractivity contribution in [2.24, 2.45) is 0 Å². The van der Waals surface area contributed by atoms with Gasteiger partial charge in [-0.25, -0.2) is 9.59 Å². The first-order chi connectivity index (χ1) is 32.5. The van der Waals surface area contributed by atoms with Crippen molar-refractivity contribution in [2.75, 3.05) is 24.7 Å². The van der Waals surface area contributed by atoms with Gasteiger partial charge in [-0.15, -0.1) is 0 Å². The summed E-state index contributed by atoms with van der Waals surface area (Å²) in [6.07, 6.45) is 31.1. The number of ether oxygens (including phenoxy) is 4. The molecule has 378 valence electrons. The van der Waals surface area contributed by atoms with Crippen LogP contribution in [0.25, 0.3) is 11.1 Å². The Bertz CT molecular complexity index is 1610. The van der Waals surface area contributed by atoms with E-state index in [-0.39, 0.29) is 42.6 Å². The first kappa shape index (κ1) is 57.8. The normalized spacial score (nSPS) is 13.1. The third-order valence-electron chi connectivity index (χ3n) is 12.6. The fourth-order valence-electron chi connectivity index (χ4n) is 8.83. The molecule has 0 aliphatic heterocycles. The summed E-state index contributed by atoms with van der Waals surface area (Å²) in [5.41, 5.74) is 3.65. The lowest BCUT2D eigenvalue weighted by Crippen LogP contribution is -2.46. The van der Waals surface area contributed by atoms with E-state index in [4.69, 9.17) is 18.9 Å². The number of hydrogen-bond donors (Lipinski definition) is 1. The van der Waals surface area contributed by atoms with E-state index >= 15 is 0 Å². The SMILES string of the molecule is CCCCCCCCCCCCCCCC(=O)OCC(CSC[C@H](NC(=O)OCC1c2ccccc2-c2ccccc21)C(=O)OC(C)(C)C)OC(=O)CCCCCCCCCCCCCCC. The summed E-state index contributed by atoms with van der Waals surface area (Å²) in [6, 6.07) is 15.2. The van der Waals surface area contributed by atoms with Crippen LogP contribution in [0, 0.1) is 0 Å². The van der Waals surface area contributed by atoms with Gasteiger partial charge in [0.15, 0.2) is 0 Å². The summed E-state index contributed by atoms with van der Waals surface area (Å²) in [6.45, 7) is 9.89. The Morgan fingerprint density at radius 1 is 0.552 bits per heavy atom. The Morgan fingerprint density at radius 3 is 1.42 bits per heavy atom. The Balaban J connectivity index is 1.48. The van der Waals surface area contributed by atoms with Gasteiger partial charge >= 0.3 is 24.0 Å². The zero-order valence-corrected chi connectivity index (χ0v) is 43.5. The summed E-state index contributed by atoms with van der Waals surface area (Å²) in [7, 11) is 0. The number of rotatable bonds is 39. The maximum Gasteiger partial charge on any atom is 0.407 e. The number of carbonyl (C=O) groups excluding carboxylic acids is 4. The monoisotopic (exact) mass is 950 g/mol. The minimum Gasteiger partial charge on any atom is -0.462 e. The predicted octanol–water partition coefficient (Wildman–Crippen LogP) is 15.4. The number of hydrogen-bond acceptors (Lipinski definition) is 9. The van der Waals surface area contributed by atoms with Gasteiger partial charge in [-0.1, -0.05) is 216 Å². The highest BCUT2D eigenvalue weighted by atomic mass is 32.2. The van der Waals surface area contributed by atoms with Crippen molar-refractivity contribution in [3.63, 3.8) is 0 Å². The molecule has 0 bridgehead atoms. The van der Waals surface area contributed by atoms with Crippen molar-refractivity contribution in [1.82, 2.24) is 5.32 Å². The van der Waals surface area contributed by atoms with E-state index in [1.165, 1.54) is 140 Å². The molecule has 1 N–H and O–H groups in total. The lowest BCUT2D eigenvalue weighted by molar-refractivity contribution is -0.158. The summed E-state index contributed by atoms with van der Waals surface area (Å²) < 4.78 is 23.1. The van der Waals surface area contributed by atoms with E-state index in [1.54, 1.807) is 20.8 Å². The van der Waals surface area contributed by atoms with Gasteiger partial charge in [0, 0.05) is 30.3 Å². The van der Waals surface area contributed by atoms with Crippen molar-refractivity contribution < 1.29 is 38.1 Å². The molecule has 0 spiro atoms. The highest BCUT2D eigenvalue weighted by Gasteiger charge is 2.31. The second-order valence-electron chi connectivity index (χ2n) is 19.9. The fraction of sp³-hybridized carbons (Fsp3) is 0.719. The van der Waals surface area contributed by atoms with Crippen LogP contribution in [0.5, 0.6) is 0 Å². The van der Waals surface area contributed by atoms with Crippen LogP contribution in [0.2, 0.25) is 0 Å². The second-order valence-corrected chi connectivity index (χ2v) is 20.9. The number of esters is 3. The standard InChI is InChI=1S/C57H91NO8S/c1-6-8-10-12-14-16-18-20-22-24-26-28-30-40-53(59)63-42-46(65-54(60)41-31-29-27-25-23-21-19-17-15-13-11-9-7-2)44-67-45-52(55(61)66-57(3,4)5)58-56(62)64-43-51-49-38-34-32-36-47(49)48-37-33-35-39-50(48)51/h32-39,46,51-52H,6-31,40-45H2,1-5H3,(H,58,62)/t46?,52-/m0/s1. The van der Waals surface area contributed by atoms with Crippen LogP contribution >= 0.6 is 11.8 Å². The molecule has 0 heterocycles. The van der Waals surface area contributed by atoms with E-state index in [0.29, 0.717) is 12.8 Å². The molecule has 1 aliphatic rings. The number of nitrogens with one attached hydrogen (secondary N) is 1. The van der Waals surface area contributed by atoms with Crippen LogP contribution in [-0.2, 0) is 33.3 Å². The summed E-state index contributed by atoms with van der Waals surface area (Å²) in [5, 5.41) is 2.75. The van der Waals surface area contributed by atoms with Gasteiger partial charge in [0.05, 0.1) is 0 Å². The molecule has 0 saturated heterocycles. The van der Waals surface area contributed by atoms with Crippen LogP contribution in [0.15, 0.2) is 48.5 Å². The first-order valence-corrected chi connectivity index (χ1v) is 27.9. The Kier molecular flexibility index (Phi) is 30.7. The van der Waals surface area contributed by atoms with Crippen LogP contribution in [-0.4, -0.2) is 66.5 Å².